The van der Waals surface area contributed by atoms with E-state index in [1.807, 2.05) is 38.1 Å². The molecule has 1 atom stereocenters. The van der Waals surface area contributed by atoms with Crippen LogP contribution in [0.1, 0.15) is 18.1 Å². The number of nitrogens with one attached hydrogen (secondary N) is 1. The number of hydrogen-bond acceptors (Lipinski definition) is 3. The molecule has 0 bridgehead atoms. The lowest BCUT2D eigenvalue weighted by molar-refractivity contribution is -0.115. The highest BCUT2D eigenvalue weighted by atomic mass is 35.5. The molecule has 26 heavy (non-hydrogen) atoms. The number of carbonyl (C=O) groups is 1. The Morgan fingerprint density at radius 3 is 2.69 bits per heavy atom. The first-order chi connectivity index (χ1) is 12.3. The molecule has 1 amide bonds. The van der Waals surface area contributed by atoms with Gasteiger partial charge in [-0.2, -0.15) is 0 Å². The Balaban J connectivity index is 1.79. The van der Waals surface area contributed by atoms with Crippen LogP contribution in [0.3, 0.4) is 0 Å². The number of pyridine rings is 1. The third kappa shape index (κ3) is 4.00. The molecule has 0 unspecified atom stereocenters. The van der Waals surface area contributed by atoms with E-state index in [0.717, 1.165) is 27.1 Å². The SMILES string of the molecule is Cc1cc(S[C@@H](C)C(=O)Nc2ccc(F)cc2Cl)nc2c(C)cccc12. The van der Waals surface area contributed by atoms with Crippen molar-refractivity contribution in [2.75, 3.05) is 5.32 Å². The van der Waals surface area contributed by atoms with Crippen molar-refractivity contribution in [2.45, 2.75) is 31.0 Å². The van der Waals surface area contributed by atoms with Crippen molar-refractivity contribution in [2.24, 2.45) is 0 Å². The third-order valence-electron chi connectivity index (χ3n) is 4.08. The first kappa shape index (κ1) is 18.7. The fraction of sp³-hybridized carbons (Fsp3) is 0.200. The minimum atomic E-state index is -0.443. The van der Waals surface area contributed by atoms with Gasteiger partial charge in [-0.1, -0.05) is 41.6 Å². The number of aryl methyl sites for hydroxylation is 2. The van der Waals surface area contributed by atoms with Crippen LogP contribution in [0.4, 0.5) is 10.1 Å². The van der Waals surface area contributed by atoms with Gasteiger partial charge in [0.05, 0.1) is 26.5 Å². The van der Waals surface area contributed by atoms with Crippen LogP contribution in [0.15, 0.2) is 47.5 Å². The smallest absolute Gasteiger partial charge is 0.237 e. The van der Waals surface area contributed by atoms with Gasteiger partial charge in [0, 0.05) is 5.39 Å². The molecule has 3 aromatic rings. The first-order valence-corrected chi connectivity index (χ1v) is 9.40. The highest BCUT2D eigenvalue weighted by Crippen LogP contribution is 2.29. The molecule has 3 nitrogen and oxygen atoms in total. The lowest BCUT2D eigenvalue weighted by Crippen LogP contribution is -2.22. The largest absolute Gasteiger partial charge is 0.324 e. The van der Waals surface area contributed by atoms with Gasteiger partial charge in [0.1, 0.15) is 5.82 Å². The fourth-order valence-corrected chi connectivity index (χ4v) is 3.78. The summed E-state index contributed by atoms with van der Waals surface area (Å²) in [5, 5.41) is 4.43. The summed E-state index contributed by atoms with van der Waals surface area (Å²) in [6.45, 7) is 5.86. The van der Waals surface area contributed by atoms with E-state index in [0.29, 0.717) is 5.69 Å². The Labute approximate surface area is 161 Å². The van der Waals surface area contributed by atoms with Gasteiger partial charge in [0.2, 0.25) is 5.91 Å². The van der Waals surface area contributed by atoms with Gasteiger partial charge < -0.3 is 5.32 Å². The summed E-state index contributed by atoms with van der Waals surface area (Å²) in [7, 11) is 0. The molecule has 0 saturated carbocycles. The van der Waals surface area contributed by atoms with Crippen LogP contribution < -0.4 is 5.32 Å². The molecule has 0 fully saturated rings. The maximum Gasteiger partial charge on any atom is 0.237 e. The number of rotatable bonds is 4. The van der Waals surface area contributed by atoms with Gasteiger partial charge in [-0.3, -0.25) is 4.79 Å². The molecule has 0 spiro atoms. The molecule has 0 radical (unpaired) electrons. The summed E-state index contributed by atoms with van der Waals surface area (Å²) in [6.07, 6.45) is 0. The van der Waals surface area contributed by atoms with Crippen LogP contribution in [-0.2, 0) is 4.79 Å². The lowest BCUT2D eigenvalue weighted by atomic mass is 10.1. The number of nitrogens with zero attached hydrogens (tertiary/aromatic N) is 1. The molecule has 1 aromatic heterocycles. The summed E-state index contributed by atoms with van der Waals surface area (Å²) in [5.74, 6) is -0.658. The van der Waals surface area contributed by atoms with Crippen molar-refractivity contribution in [3.63, 3.8) is 0 Å². The molecule has 0 aliphatic rings. The molecule has 0 aliphatic carbocycles. The average molecular weight is 389 g/mol. The molecular weight excluding hydrogens is 371 g/mol. The zero-order valence-electron chi connectivity index (χ0n) is 14.6. The van der Waals surface area contributed by atoms with E-state index in [1.54, 1.807) is 6.92 Å². The summed E-state index contributed by atoms with van der Waals surface area (Å²) in [5.41, 5.74) is 3.56. The summed E-state index contributed by atoms with van der Waals surface area (Å²) in [4.78, 5) is 17.2. The van der Waals surface area contributed by atoms with Crippen molar-refractivity contribution in [1.29, 1.82) is 0 Å². The minimum absolute atomic E-state index is 0.172. The number of hydrogen-bond donors (Lipinski definition) is 1. The normalized spacial score (nSPS) is 12.2. The molecule has 0 aliphatic heterocycles. The molecule has 6 heteroatoms. The van der Waals surface area contributed by atoms with E-state index in [4.69, 9.17) is 16.6 Å². The van der Waals surface area contributed by atoms with Crippen molar-refractivity contribution < 1.29 is 9.18 Å². The highest BCUT2D eigenvalue weighted by Gasteiger charge is 2.17. The van der Waals surface area contributed by atoms with Gasteiger partial charge in [-0.25, -0.2) is 9.37 Å². The number of carbonyl (C=O) groups excluding carboxylic acids is 1. The maximum absolute atomic E-state index is 13.1. The van der Waals surface area contributed by atoms with Crippen molar-refractivity contribution >= 4 is 45.9 Å². The number of benzene rings is 2. The molecule has 2 aromatic carbocycles. The molecule has 3 rings (SSSR count). The van der Waals surface area contributed by atoms with Gasteiger partial charge in [0.15, 0.2) is 0 Å². The molecule has 134 valence electrons. The van der Waals surface area contributed by atoms with E-state index in [9.17, 15) is 9.18 Å². The maximum atomic E-state index is 13.1. The summed E-state index contributed by atoms with van der Waals surface area (Å²) in [6, 6.07) is 12.0. The number of fused-ring (bicyclic) bond motifs is 1. The monoisotopic (exact) mass is 388 g/mol. The van der Waals surface area contributed by atoms with Gasteiger partial charge in [-0.05, 0) is 56.2 Å². The quantitative estimate of drug-likeness (QED) is 0.577. The Kier molecular flexibility index (Phi) is 5.49. The Bertz CT molecular complexity index is 993. The van der Waals surface area contributed by atoms with Crippen LogP contribution in [0.5, 0.6) is 0 Å². The van der Waals surface area contributed by atoms with Gasteiger partial charge in [0.25, 0.3) is 0 Å². The number of anilines is 1. The Hall–Kier alpha value is -2.11. The molecular formula is C20H18ClFN2OS. The van der Waals surface area contributed by atoms with Crippen molar-refractivity contribution in [1.82, 2.24) is 4.98 Å². The standard InChI is InChI=1S/C20H18ClFN2OS/c1-11-5-4-6-15-12(2)9-18(24-19(11)15)26-13(3)20(25)23-17-8-7-14(22)10-16(17)21/h4-10,13H,1-3H3,(H,23,25)/t13-/m0/s1. The number of halogens is 2. The summed E-state index contributed by atoms with van der Waals surface area (Å²) >= 11 is 7.35. The Morgan fingerprint density at radius 2 is 1.96 bits per heavy atom. The molecule has 0 saturated heterocycles. The van der Waals surface area contributed by atoms with Crippen LogP contribution >= 0.6 is 23.4 Å². The fourth-order valence-electron chi connectivity index (χ4n) is 2.65. The van der Waals surface area contributed by atoms with Crippen molar-refractivity contribution in [3.05, 3.63) is 64.4 Å². The Morgan fingerprint density at radius 1 is 1.19 bits per heavy atom. The van der Waals surface area contributed by atoms with E-state index >= 15 is 0 Å². The topological polar surface area (TPSA) is 42.0 Å². The van der Waals surface area contributed by atoms with Gasteiger partial charge in [-0.15, -0.1) is 0 Å². The van der Waals surface area contributed by atoms with E-state index in [2.05, 4.69) is 5.32 Å². The first-order valence-electron chi connectivity index (χ1n) is 8.14. The average Bonchev–Trinajstić information content (AvgIpc) is 2.58. The van der Waals surface area contributed by atoms with E-state index in [-0.39, 0.29) is 16.2 Å². The van der Waals surface area contributed by atoms with E-state index < -0.39 is 5.82 Å². The van der Waals surface area contributed by atoms with Crippen molar-refractivity contribution in [3.8, 4) is 0 Å². The number of aromatic nitrogens is 1. The van der Waals surface area contributed by atoms with Crippen LogP contribution in [0.25, 0.3) is 10.9 Å². The van der Waals surface area contributed by atoms with Crippen LogP contribution in [0.2, 0.25) is 5.02 Å². The number of thioether (sulfide) groups is 1. The zero-order chi connectivity index (χ0) is 18.8. The van der Waals surface area contributed by atoms with Crippen LogP contribution in [0, 0.1) is 19.7 Å². The second kappa shape index (κ2) is 7.64. The van der Waals surface area contributed by atoms with Gasteiger partial charge >= 0.3 is 0 Å². The second-order valence-corrected chi connectivity index (χ2v) is 7.89. The lowest BCUT2D eigenvalue weighted by Gasteiger charge is -2.14. The zero-order valence-corrected chi connectivity index (χ0v) is 16.2. The molecule has 1 heterocycles. The van der Waals surface area contributed by atoms with Crippen LogP contribution in [-0.4, -0.2) is 16.1 Å². The summed E-state index contributed by atoms with van der Waals surface area (Å²) < 4.78 is 13.1. The number of amides is 1. The second-order valence-electron chi connectivity index (χ2n) is 6.12. The predicted octanol–water partition coefficient (Wildman–Crippen LogP) is 5.76. The molecule has 1 N–H and O–H groups in total. The minimum Gasteiger partial charge on any atom is -0.324 e. The van der Waals surface area contributed by atoms with E-state index in [1.165, 1.54) is 30.0 Å². The predicted molar refractivity (Wildman–Crippen MR) is 107 cm³/mol. The highest BCUT2D eigenvalue weighted by molar-refractivity contribution is 8.00. The third-order valence-corrected chi connectivity index (χ3v) is 5.41. The number of para-hydroxylation sites is 1.